The van der Waals surface area contributed by atoms with E-state index in [1.807, 2.05) is 6.92 Å². The molecular formula is C21H22Cl2FN7O2. The molecule has 174 valence electrons. The second kappa shape index (κ2) is 9.96. The van der Waals surface area contributed by atoms with E-state index < -0.39 is 11.5 Å². The molecule has 3 heterocycles. The van der Waals surface area contributed by atoms with Crippen molar-refractivity contribution in [2.75, 3.05) is 0 Å². The molecule has 0 aliphatic carbocycles. The Bertz CT molecular complexity index is 1310. The number of fused-ring (bicyclic) bond motifs is 1. The van der Waals surface area contributed by atoms with Gasteiger partial charge in [0.2, 0.25) is 0 Å². The fraction of sp³-hybridized carbons (Fsp3) is 0.429. The Kier molecular flexibility index (Phi) is 7.04. The van der Waals surface area contributed by atoms with Gasteiger partial charge in [0.1, 0.15) is 16.8 Å². The third kappa shape index (κ3) is 4.91. The average molecular weight is 494 g/mol. The van der Waals surface area contributed by atoms with Crippen molar-refractivity contribution in [1.82, 2.24) is 29.3 Å². The van der Waals surface area contributed by atoms with Crippen LogP contribution in [0.4, 0.5) is 10.2 Å². The quantitative estimate of drug-likeness (QED) is 0.455. The molecule has 0 saturated carbocycles. The van der Waals surface area contributed by atoms with Crippen LogP contribution in [0.25, 0.3) is 0 Å². The lowest BCUT2D eigenvalue weighted by molar-refractivity contribution is 0.448. The molecule has 9 nitrogen and oxygen atoms in total. The van der Waals surface area contributed by atoms with Gasteiger partial charge in [0.05, 0.1) is 12.1 Å². The number of hydrogen-bond donors (Lipinski definition) is 0. The molecule has 33 heavy (non-hydrogen) atoms. The number of tetrazole rings is 1. The van der Waals surface area contributed by atoms with Crippen molar-refractivity contribution in [2.24, 2.45) is 4.99 Å². The standard InChI is InChI=1S/C21H22Cl2FN7O2/c1-2-3-8-29-19-14(11-17(23)25-19)20(32)30(21(29)33)9-5-10-31-27-18(26-28-31)12-13-15(22)6-4-7-16(13)24/h4,6-7H,2-3,5,8-12H2,1H3. The lowest BCUT2D eigenvalue weighted by Gasteiger charge is -2.13. The van der Waals surface area contributed by atoms with Crippen molar-refractivity contribution in [2.45, 2.75) is 58.7 Å². The van der Waals surface area contributed by atoms with Gasteiger partial charge in [-0.25, -0.2) is 14.2 Å². The number of aliphatic imine (C=N–C) groups is 1. The van der Waals surface area contributed by atoms with Crippen molar-refractivity contribution < 1.29 is 4.39 Å². The zero-order valence-electron chi connectivity index (χ0n) is 18.0. The second-order valence-corrected chi connectivity index (χ2v) is 8.59. The second-order valence-electron chi connectivity index (χ2n) is 7.74. The summed E-state index contributed by atoms with van der Waals surface area (Å²) >= 11 is 12.1. The summed E-state index contributed by atoms with van der Waals surface area (Å²) < 4.78 is 16.7. The van der Waals surface area contributed by atoms with Crippen LogP contribution in [0.2, 0.25) is 5.02 Å². The summed E-state index contributed by atoms with van der Waals surface area (Å²) in [6.07, 6.45) is 2.45. The van der Waals surface area contributed by atoms with Crippen LogP contribution in [0, 0.1) is 5.82 Å². The maximum atomic E-state index is 14.0. The van der Waals surface area contributed by atoms with Gasteiger partial charge in [-0.2, -0.15) is 4.80 Å². The summed E-state index contributed by atoms with van der Waals surface area (Å²) in [4.78, 5) is 31.4. The first-order valence-corrected chi connectivity index (χ1v) is 11.4. The van der Waals surface area contributed by atoms with Crippen LogP contribution in [0.3, 0.4) is 0 Å². The Morgan fingerprint density at radius 2 is 1.88 bits per heavy atom. The summed E-state index contributed by atoms with van der Waals surface area (Å²) in [5.41, 5.74) is -0.0251. The highest BCUT2D eigenvalue weighted by Gasteiger charge is 2.24. The fourth-order valence-electron chi connectivity index (χ4n) is 3.71. The van der Waals surface area contributed by atoms with Gasteiger partial charge < -0.3 is 0 Å². The summed E-state index contributed by atoms with van der Waals surface area (Å²) in [6.45, 7) is 3.01. The number of aryl methyl sites for hydroxylation is 1. The monoisotopic (exact) mass is 493 g/mol. The minimum absolute atomic E-state index is 0.110. The van der Waals surface area contributed by atoms with Crippen molar-refractivity contribution >= 4 is 34.2 Å². The predicted molar refractivity (Wildman–Crippen MR) is 123 cm³/mol. The smallest absolute Gasteiger partial charge is 0.278 e. The minimum Gasteiger partial charge on any atom is -0.278 e. The molecule has 1 aliphatic heterocycles. The summed E-state index contributed by atoms with van der Waals surface area (Å²) in [5, 5.41) is 12.8. The topological polar surface area (TPSA) is 100.0 Å². The number of rotatable bonds is 9. The maximum absolute atomic E-state index is 14.0. The Balaban J connectivity index is 1.47. The first kappa shape index (κ1) is 23.3. The highest BCUT2D eigenvalue weighted by atomic mass is 35.5. The molecule has 0 atom stereocenters. The van der Waals surface area contributed by atoms with E-state index in [-0.39, 0.29) is 24.9 Å². The first-order chi connectivity index (χ1) is 15.9. The van der Waals surface area contributed by atoms with Gasteiger partial charge in [-0.1, -0.05) is 42.6 Å². The van der Waals surface area contributed by atoms with Gasteiger partial charge in [0.15, 0.2) is 5.82 Å². The third-order valence-electron chi connectivity index (χ3n) is 5.41. The minimum atomic E-state index is -0.432. The van der Waals surface area contributed by atoms with E-state index in [0.717, 1.165) is 12.8 Å². The highest BCUT2D eigenvalue weighted by Crippen LogP contribution is 2.24. The molecule has 0 radical (unpaired) electrons. The van der Waals surface area contributed by atoms with Gasteiger partial charge in [-0.15, -0.1) is 10.2 Å². The Morgan fingerprint density at radius 3 is 2.64 bits per heavy atom. The molecule has 0 fully saturated rings. The van der Waals surface area contributed by atoms with Crippen LogP contribution in [-0.4, -0.2) is 34.5 Å². The molecule has 0 spiro atoms. The molecule has 0 saturated heterocycles. The van der Waals surface area contributed by atoms with Gasteiger partial charge in [-0.05, 0) is 30.2 Å². The molecule has 4 rings (SSSR count). The van der Waals surface area contributed by atoms with E-state index >= 15 is 0 Å². The lowest BCUT2D eigenvalue weighted by atomic mass is 10.1. The van der Waals surface area contributed by atoms with Gasteiger partial charge in [-0.3, -0.25) is 13.9 Å². The normalized spacial score (nSPS) is 12.8. The number of unbranched alkanes of at least 4 members (excludes halogenated alkanes) is 1. The molecular weight excluding hydrogens is 472 g/mol. The lowest BCUT2D eigenvalue weighted by Crippen LogP contribution is -2.41. The molecule has 0 amide bonds. The van der Waals surface area contributed by atoms with Crippen molar-refractivity contribution in [1.29, 1.82) is 0 Å². The number of benzene rings is 1. The number of hydrogen-bond acceptors (Lipinski definition) is 6. The van der Waals surface area contributed by atoms with Crippen molar-refractivity contribution in [3.63, 3.8) is 0 Å². The number of nitrogens with zero attached hydrogens (tertiary/aromatic N) is 7. The molecule has 0 unspecified atom stereocenters. The Hall–Kier alpha value is -2.85. The van der Waals surface area contributed by atoms with E-state index in [9.17, 15) is 14.0 Å². The molecule has 0 bridgehead atoms. The van der Waals surface area contributed by atoms with Crippen LogP contribution in [0.15, 0.2) is 32.8 Å². The molecule has 3 aromatic rings. The summed E-state index contributed by atoms with van der Waals surface area (Å²) in [5.74, 6) is 0.262. The van der Waals surface area contributed by atoms with E-state index in [1.165, 1.54) is 26.1 Å². The van der Waals surface area contributed by atoms with Crippen LogP contribution in [0.1, 0.15) is 43.1 Å². The van der Waals surface area contributed by atoms with E-state index in [0.29, 0.717) is 52.5 Å². The zero-order chi connectivity index (χ0) is 23.5. The molecule has 12 heteroatoms. The predicted octanol–water partition coefficient (Wildman–Crippen LogP) is 3.10. The summed E-state index contributed by atoms with van der Waals surface area (Å²) in [7, 11) is 0. The highest BCUT2D eigenvalue weighted by molar-refractivity contribution is 6.66. The largest absolute Gasteiger partial charge is 0.332 e. The number of halogens is 3. The van der Waals surface area contributed by atoms with Crippen LogP contribution < -0.4 is 11.2 Å². The molecule has 1 aliphatic rings. The molecule has 0 N–H and O–H groups in total. The maximum Gasteiger partial charge on any atom is 0.332 e. The van der Waals surface area contributed by atoms with Gasteiger partial charge in [0, 0.05) is 36.5 Å². The van der Waals surface area contributed by atoms with Crippen LogP contribution in [-0.2, 0) is 32.5 Å². The number of aromatic nitrogens is 6. The zero-order valence-corrected chi connectivity index (χ0v) is 19.5. The van der Waals surface area contributed by atoms with E-state index in [4.69, 9.17) is 23.2 Å². The van der Waals surface area contributed by atoms with Crippen LogP contribution in [0.5, 0.6) is 0 Å². The molecule has 1 aromatic carbocycles. The average Bonchev–Trinajstić information content (AvgIpc) is 3.39. The summed E-state index contributed by atoms with van der Waals surface area (Å²) in [6, 6.07) is 4.46. The van der Waals surface area contributed by atoms with E-state index in [2.05, 4.69) is 20.4 Å². The third-order valence-corrected chi connectivity index (χ3v) is 5.98. The SMILES string of the molecule is CCCCn1c2c(c(=O)n(CCCn3nnc(Cc4c(F)cccc4Cl)n3)c1=O)CC(Cl)=N2. The van der Waals surface area contributed by atoms with E-state index in [1.54, 1.807) is 6.07 Å². The molecule has 2 aromatic heterocycles. The van der Waals surface area contributed by atoms with Gasteiger partial charge >= 0.3 is 5.69 Å². The van der Waals surface area contributed by atoms with Crippen molar-refractivity contribution in [3.8, 4) is 0 Å². The fourth-order valence-corrected chi connectivity index (χ4v) is 4.16. The van der Waals surface area contributed by atoms with Gasteiger partial charge in [0.25, 0.3) is 5.56 Å². The van der Waals surface area contributed by atoms with Crippen LogP contribution >= 0.6 is 23.2 Å². The Labute approximate surface area is 198 Å². The Morgan fingerprint density at radius 1 is 1.09 bits per heavy atom. The van der Waals surface area contributed by atoms with Crippen molar-refractivity contribution in [3.05, 3.63) is 66.8 Å². The first-order valence-electron chi connectivity index (χ1n) is 10.7.